The van der Waals surface area contributed by atoms with Gasteiger partial charge in [0.15, 0.2) is 0 Å². The summed E-state index contributed by atoms with van der Waals surface area (Å²) in [6.07, 6.45) is 0. The van der Waals surface area contributed by atoms with Crippen LogP contribution < -0.4 is 0 Å². The van der Waals surface area contributed by atoms with E-state index in [9.17, 15) is 0 Å². The Kier molecular flexibility index (Phi) is 148. The van der Waals surface area contributed by atoms with Crippen LogP contribution >= 0.6 is 0 Å². The van der Waals surface area contributed by atoms with Gasteiger partial charge >= 0.3 is 23.1 Å². The zero-order chi connectivity index (χ0) is 2.71. The van der Waals surface area contributed by atoms with Gasteiger partial charge in [-0.1, -0.05) is 0 Å². The minimum Gasteiger partial charge on any atom is -0.412 e. The molecule has 0 saturated carbocycles. The molecule has 0 aromatic heterocycles. The maximum Gasteiger partial charge on any atom is 0.316 e. The van der Waals surface area contributed by atoms with Gasteiger partial charge in [-0.25, -0.2) is 0 Å². The van der Waals surface area contributed by atoms with E-state index in [2.05, 4.69) is 0 Å². The first-order valence-corrected chi connectivity index (χ1v) is 1.02. The minimum atomic E-state index is 0. The summed E-state index contributed by atoms with van der Waals surface area (Å²) in [4.78, 5) is 0. The van der Waals surface area contributed by atoms with Crippen LogP contribution in [0, 0.1) is 0 Å². The van der Waals surface area contributed by atoms with Crippen LogP contribution in [0.5, 0.6) is 0 Å². The molecule has 0 spiro atoms. The van der Waals surface area contributed by atoms with E-state index in [1.807, 2.05) is 0 Å². The van der Waals surface area contributed by atoms with E-state index in [4.69, 9.17) is 5.11 Å². The van der Waals surface area contributed by atoms with Gasteiger partial charge in [-0.2, -0.15) is 0 Å². The van der Waals surface area contributed by atoms with Gasteiger partial charge in [0, 0.05) is 26.1 Å². The van der Waals surface area contributed by atoms with E-state index in [0.29, 0.717) is 0 Å². The molecular formula is C2H10MgO2Zn. The quantitative estimate of drug-likeness (QED) is 0.415. The second kappa shape index (κ2) is 33.3. The Balaban J connectivity index is -0.00000000667. The number of hydrogen-bond acceptors (Lipinski definition) is 1. The van der Waals surface area contributed by atoms with Crippen molar-refractivity contribution < 1.29 is 30.1 Å². The predicted octanol–water partition coefficient (Wildman–Crippen LogP) is -1.74. The SMILES string of the molecule is CCO.O.[MgH2].[Zn]. The van der Waals surface area contributed by atoms with Gasteiger partial charge in [0.2, 0.25) is 0 Å². The fraction of sp³-hybridized carbons (Fsp3) is 1.00. The van der Waals surface area contributed by atoms with Crippen molar-refractivity contribution in [3.8, 4) is 0 Å². The van der Waals surface area contributed by atoms with Crippen molar-refractivity contribution in [2.24, 2.45) is 0 Å². The smallest absolute Gasteiger partial charge is 0.316 e. The normalized spacial score (nSPS) is 3.00. The van der Waals surface area contributed by atoms with Crippen molar-refractivity contribution in [2.45, 2.75) is 6.92 Å². The molecule has 3 N–H and O–H groups in total. The Morgan fingerprint density at radius 2 is 1.50 bits per heavy atom. The van der Waals surface area contributed by atoms with Crippen molar-refractivity contribution >= 4 is 23.1 Å². The Labute approximate surface area is 66.5 Å². The molecule has 4 heteroatoms. The zero-order valence-electron chi connectivity index (χ0n) is 3.36. The Hall–Kier alpha value is 1.31. The molecule has 0 saturated heterocycles. The summed E-state index contributed by atoms with van der Waals surface area (Å²) in [6.45, 7) is 1.93. The van der Waals surface area contributed by atoms with E-state index in [-0.39, 0.29) is 54.6 Å². The maximum absolute atomic E-state index is 7.57. The molecular weight excluding hydrogens is 146 g/mol. The van der Waals surface area contributed by atoms with Crippen molar-refractivity contribution in [2.75, 3.05) is 6.61 Å². The molecule has 0 rings (SSSR count). The number of aliphatic hydroxyl groups excluding tert-OH is 1. The third-order valence-electron chi connectivity index (χ3n) is 0. The summed E-state index contributed by atoms with van der Waals surface area (Å²) in [5.74, 6) is 0. The molecule has 0 aromatic carbocycles. The van der Waals surface area contributed by atoms with Crippen LogP contribution in [0.1, 0.15) is 6.92 Å². The van der Waals surface area contributed by atoms with E-state index in [1.54, 1.807) is 6.92 Å². The molecule has 0 fully saturated rings. The molecule has 34 valence electrons. The molecule has 0 unspecified atom stereocenters. The van der Waals surface area contributed by atoms with Crippen LogP contribution in [0.4, 0.5) is 0 Å². The van der Waals surface area contributed by atoms with Crippen molar-refractivity contribution in [3.05, 3.63) is 0 Å². The Bertz CT molecular complexity index is 11.5. The number of rotatable bonds is 0. The Morgan fingerprint density at radius 1 is 1.50 bits per heavy atom. The number of hydrogen-bond donors (Lipinski definition) is 1. The first-order chi connectivity index (χ1) is 1.41. The van der Waals surface area contributed by atoms with E-state index in [1.165, 1.54) is 0 Å². The zero-order valence-corrected chi connectivity index (χ0v) is 6.33. The first kappa shape index (κ1) is 26.6. The van der Waals surface area contributed by atoms with Crippen LogP contribution in [0.15, 0.2) is 0 Å². The molecule has 0 aliphatic carbocycles. The van der Waals surface area contributed by atoms with Gasteiger partial charge in [-0.05, 0) is 6.92 Å². The molecule has 0 heterocycles. The van der Waals surface area contributed by atoms with Crippen LogP contribution in [0.25, 0.3) is 0 Å². The fourth-order valence-electron chi connectivity index (χ4n) is 0. The monoisotopic (exact) mass is 154 g/mol. The third kappa shape index (κ3) is 57.5. The van der Waals surface area contributed by atoms with Crippen molar-refractivity contribution in [1.29, 1.82) is 0 Å². The molecule has 0 amide bonds. The summed E-state index contributed by atoms with van der Waals surface area (Å²) < 4.78 is 0. The van der Waals surface area contributed by atoms with E-state index in [0.717, 1.165) is 0 Å². The van der Waals surface area contributed by atoms with Crippen molar-refractivity contribution in [3.63, 3.8) is 0 Å². The molecule has 0 aromatic rings. The molecule has 0 atom stereocenters. The van der Waals surface area contributed by atoms with Crippen LogP contribution in [0.3, 0.4) is 0 Å². The molecule has 2 nitrogen and oxygen atoms in total. The summed E-state index contributed by atoms with van der Waals surface area (Å²) in [7, 11) is 0. The maximum atomic E-state index is 7.57. The summed E-state index contributed by atoms with van der Waals surface area (Å²) in [5.41, 5.74) is 0. The largest absolute Gasteiger partial charge is 0.412 e. The van der Waals surface area contributed by atoms with E-state index >= 15 is 0 Å². The Morgan fingerprint density at radius 3 is 1.50 bits per heavy atom. The summed E-state index contributed by atoms with van der Waals surface area (Å²) in [6, 6.07) is 0. The molecule has 6 heavy (non-hydrogen) atoms. The van der Waals surface area contributed by atoms with E-state index < -0.39 is 0 Å². The van der Waals surface area contributed by atoms with Gasteiger partial charge in [0.25, 0.3) is 0 Å². The molecule has 0 aliphatic heterocycles. The first-order valence-electron chi connectivity index (χ1n) is 1.02. The third-order valence-corrected chi connectivity index (χ3v) is 0. The second-order valence-electron chi connectivity index (χ2n) is 0.316. The molecule has 0 aliphatic rings. The average molecular weight is 156 g/mol. The van der Waals surface area contributed by atoms with Gasteiger partial charge < -0.3 is 10.6 Å². The van der Waals surface area contributed by atoms with Crippen molar-refractivity contribution in [1.82, 2.24) is 0 Å². The average Bonchev–Trinajstić information content (AvgIpc) is 0.918. The van der Waals surface area contributed by atoms with Gasteiger partial charge in [0.1, 0.15) is 0 Å². The predicted molar refractivity (Wildman–Crippen MR) is 24.9 cm³/mol. The standard InChI is InChI=1S/C2H6O.Mg.H2O.Zn.2H/c1-2-3;;;;;/h3H,2H2,1H3;;1H2;;;. The molecule has 0 bridgehead atoms. The topological polar surface area (TPSA) is 51.7 Å². The van der Waals surface area contributed by atoms with Crippen LogP contribution in [0.2, 0.25) is 0 Å². The fourth-order valence-corrected chi connectivity index (χ4v) is 0. The number of aliphatic hydroxyl groups is 1. The van der Waals surface area contributed by atoms with Gasteiger partial charge in [-0.15, -0.1) is 0 Å². The van der Waals surface area contributed by atoms with Gasteiger partial charge in [-0.3, -0.25) is 0 Å². The van der Waals surface area contributed by atoms with Crippen LogP contribution in [-0.2, 0) is 19.5 Å². The van der Waals surface area contributed by atoms with Crippen LogP contribution in [-0.4, -0.2) is 40.2 Å². The van der Waals surface area contributed by atoms with Gasteiger partial charge in [0.05, 0.1) is 0 Å². The summed E-state index contributed by atoms with van der Waals surface area (Å²) in [5, 5.41) is 7.57. The summed E-state index contributed by atoms with van der Waals surface area (Å²) >= 11 is 0. The second-order valence-corrected chi connectivity index (χ2v) is 0.316. The minimum absolute atomic E-state index is 0. The molecule has 0 radical (unpaired) electrons.